The fourth-order valence-electron chi connectivity index (χ4n) is 2.06. The first-order valence-electron chi connectivity index (χ1n) is 5.90. The molecule has 0 atom stereocenters. The lowest BCUT2D eigenvalue weighted by Gasteiger charge is -2.27. The summed E-state index contributed by atoms with van der Waals surface area (Å²) in [5, 5.41) is 3.59. The predicted octanol–water partition coefficient (Wildman–Crippen LogP) is 3.25. The number of nitrogens with zero attached hydrogens (tertiary/aromatic N) is 1. The molecule has 3 heteroatoms. The molecule has 0 N–H and O–H groups in total. The molecule has 0 unspecified atom stereocenters. The summed E-state index contributed by atoms with van der Waals surface area (Å²) in [4.78, 5) is 2.40. The molecule has 0 saturated carbocycles. The van der Waals surface area contributed by atoms with E-state index in [0.717, 1.165) is 26.3 Å². The molecule has 1 aliphatic rings. The second kappa shape index (κ2) is 4.90. The monoisotopic (exact) mass is 245 g/mol. The standard InChI is InChI=1S/C14H15NOS/c1-2-4-12(5-3-1)13-10-14(17-11-13)15-6-8-16-9-7-15/h1-5,10-11H,6-9H2. The summed E-state index contributed by atoms with van der Waals surface area (Å²) in [5.74, 6) is 0. The van der Waals surface area contributed by atoms with Crippen molar-refractivity contribution < 1.29 is 4.74 Å². The van der Waals surface area contributed by atoms with Crippen molar-refractivity contribution in [1.82, 2.24) is 0 Å². The summed E-state index contributed by atoms with van der Waals surface area (Å²) in [6.45, 7) is 3.71. The Morgan fingerprint density at radius 3 is 2.53 bits per heavy atom. The Bertz CT molecular complexity index is 474. The third kappa shape index (κ3) is 2.35. The Hall–Kier alpha value is -1.32. The largest absolute Gasteiger partial charge is 0.378 e. The maximum Gasteiger partial charge on any atom is 0.0916 e. The van der Waals surface area contributed by atoms with Crippen LogP contribution in [0.4, 0.5) is 5.00 Å². The molecule has 88 valence electrons. The second-order valence-electron chi connectivity index (χ2n) is 4.14. The number of rotatable bonds is 2. The molecule has 1 aromatic carbocycles. The van der Waals surface area contributed by atoms with Gasteiger partial charge in [0.25, 0.3) is 0 Å². The van der Waals surface area contributed by atoms with Gasteiger partial charge in [-0.1, -0.05) is 30.3 Å². The van der Waals surface area contributed by atoms with E-state index in [-0.39, 0.29) is 0 Å². The molecule has 2 aromatic rings. The highest BCUT2D eigenvalue weighted by Gasteiger charge is 2.13. The van der Waals surface area contributed by atoms with Crippen molar-refractivity contribution in [3.05, 3.63) is 41.8 Å². The molecule has 0 amide bonds. The molecule has 2 nitrogen and oxygen atoms in total. The molecule has 2 heterocycles. The first-order chi connectivity index (χ1) is 8.43. The average Bonchev–Trinajstić information content (AvgIpc) is 2.90. The maximum atomic E-state index is 5.38. The fraction of sp³-hybridized carbons (Fsp3) is 0.286. The van der Waals surface area contributed by atoms with Crippen molar-refractivity contribution in [2.45, 2.75) is 0 Å². The highest BCUT2D eigenvalue weighted by molar-refractivity contribution is 7.14. The number of ether oxygens (including phenoxy) is 1. The number of hydrogen-bond acceptors (Lipinski definition) is 3. The molecule has 1 fully saturated rings. The fourth-order valence-corrected chi connectivity index (χ4v) is 3.03. The SMILES string of the molecule is c1ccc(-c2csc(N3CCOCC3)c2)cc1. The minimum atomic E-state index is 0.846. The van der Waals surface area contributed by atoms with Gasteiger partial charge >= 0.3 is 0 Å². The van der Waals surface area contributed by atoms with E-state index in [2.05, 4.69) is 46.7 Å². The van der Waals surface area contributed by atoms with Crippen LogP contribution in [-0.2, 0) is 4.74 Å². The molecule has 1 saturated heterocycles. The summed E-state index contributed by atoms with van der Waals surface area (Å²) in [6.07, 6.45) is 0. The van der Waals surface area contributed by atoms with E-state index in [0.29, 0.717) is 0 Å². The number of morpholine rings is 1. The lowest BCUT2D eigenvalue weighted by molar-refractivity contribution is 0.123. The summed E-state index contributed by atoms with van der Waals surface area (Å²) < 4.78 is 5.38. The molecule has 0 radical (unpaired) electrons. The minimum absolute atomic E-state index is 0.846. The van der Waals surface area contributed by atoms with Gasteiger partial charge < -0.3 is 9.64 Å². The van der Waals surface area contributed by atoms with Crippen LogP contribution >= 0.6 is 11.3 Å². The van der Waals surface area contributed by atoms with Gasteiger partial charge in [-0.15, -0.1) is 11.3 Å². The van der Waals surface area contributed by atoms with Gasteiger partial charge in [0.05, 0.1) is 18.2 Å². The van der Waals surface area contributed by atoms with E-state index in [1.54, 1.807) is 0 Å². The Morgan fingerprint density at radius 1 is 1.00 bits per heavy atom. The van der Waals surface area contributed by atoms with E-state index in [4.69, 9.17) is 4.74 Å². The number of benzene rings is 1. The topological polar surface area (TPSA) is 12.5 Å². The minimum Gasteiger partial charge on any atom is -0.378 e. The van der Waals surface area contributed by atoms with Crippen molar-refractivity contribution in [2.24, 2.45) is 0 Å². The molecule has 0 aliphatic carbocycles. The molecule has 0 spiro atoms. The van der Waals surface area contributed by atoms with Crippen LogP contribution in [0.3, 0.4) is 0 Å². The lowest BCUT2D eigenvalue weighted by atomic mass is 10.1. The highest BCUT2D eigenvalue weighted by Crippen LogP contribution is 2.31. The van der Waals surface area contributed by atoms with Crippen LogP contribution in [0.1, 0.15) is 0 Å². The zero-order chi connectivity index (χ0) is 11.5. The van der Waals surface area contributed by atoms with E-state index < -0.39 is 0 Å². The van der Waals surface area contributed by atoms with E-state index in [9.17, 15) is 0 Å². The smallest absolute Gasteiger partial charge is 0.0916 e. The van der Waals surface area contributed by atoms with Crippen molar-refractivity contribution in [2.75, 3.05) is 31.2 Å². The Kier molecular flexibility index (Phi) is 3.12. The Balaban J connectivity index is 1.83. The quantitative estimate of drug-likeness (QED) is 0.805. The highest BCUT2D eigenvalue weighted by atomic mass is 32.1. The van der Waals surface area contributed by atoms with Crippen molar-refractivity contribution in [3.8, 4) is 11.1 Å². The third-order valence-electron chi connectivity index (χ3n) is 3.02. The van der Waals surface area contributed by atoms with Gasteiger partial charge in [-0.2, -0.15) is 0 Å². The average molecular weight is 245 g/mol. The van der Waals surface area contributed by atoms with Gasteiger partial charge in [0.2, 0.25) is 0 Å². The Morgan fingerprint density at radius 2 is 1.76 bits per heavy atom. The van der Waals surface area contributed by atoms with Gasteiger partial charge in [0, 0.05) is 18.5 Å². The molecular weight excluding hydrogens is 230 g/mol. The summed E-state index contributed by atoms with van der Waals surface area (Å²) in [7, 11) is 0. The number of anilines is 1. The number of thiophene rings is 1. The summed E-state index contributed by atoms with van der Waals surface area (Å²) >= 11 is 1.82. The van der Waals surface area contributed by atoms with Crippen LogP contribution in [-0.4, -0.2) is 26.3 Å². The summed E-state index contributed by atoms with van der Waals surface area (Å²) in [6, 6.07) is 12.8. The van der Waals surface area contributed by atoms with Crippen molar-refractivity contribution in [1.29, 1.82) is 0 Å². The van der Waals surface area contributed by atoms with Crippen LogP contribution in [0, 0.1) is 0 Å². The van der Waals surface area contributed by atoms with Crippen molar-refractivity contribution >= 4 is 16.3 Å². The van der Waals surface area contributed by atoms with Gasteiger partial charge in [0.15, 0.2) is 0 Å². The van der Waals surface area contributed by atoms with E-state index in [1.165, 1.54) is 16.1 Å². The predicted molar refractivity (Wildman–Crippen MR) is 72.8 cm³/mol. The zero-order valence-corrected chi connectivity index (χ0v) is 10.5. The molecule has 0 bridgehead atoms. The second-order valence-corrected chi connectivity index (χ2v) is 5.03. The first-order valence-corrected chi connectivity index (χ1v) is 6.78. The molecule has 17 heavy (non-hydrogen) atoms. The normalized spacial score (nSPS) is 16.1. The first kappa shape index (κ1) is 10.8. The van der Waals surface area contributed by atoms with Crippen LogP contribution < -0.4 is 4.90 Å². The van der Waals surface area contributed by atoms with Gasteiger partial charge in [0.1, 0.15) is 0 Å². The molecular formula is C14H15NOS. The Labute approximate surface area is 105 Å². The maximum absolute atomic E-state index is 5.38. The third-order valence-corrected chi connectivity index (χ3v) is 4.00. The van der Waals surface area contributed by atoms with E-state index in [1.807, 2.05) is 11.3 Å². The zero-order valence-electron chi connectivity index (χ0n) is 9.63. The van der Waals surface area contributed by atoms with Crippen LogP contribution in [0.5, 0.6) is 0 Å². The summed E-state index contributed by atoms with van der Waals surface area (Å²) in [5.41, 5.74) is 2.61. The van der Waals surface area contributed by atoms with E-state index >= 15 is 0 Å². The molecule has 3 rings (SSSR count). The lowest BCUT2D eigenvalue weighted by Crippen LogP contribution is -2.35. The van der Waals surface area contributed by atoms with Crippen molar-refractivity contribution in [3.63, 3.8) is 0 Å². The van der Waals surface area contributed by atoms with Crippen LogP contribution in [0.2, 0.25) is 0 Å². The molecule has 1 aromatic heterocycles. The van der Waals surface area contributed by atoms with Gasteiger partial charge in [-0.25, -0.2) is 0 Å². The number of hydrogen-bond donors (Lipinski definition) is 0. The van der Waals surface area contributed by atoms with Gasteiger partial charge in [-0.3, -0.25) is 0 Å². The van der Waals surface area contributed by atoms with Crippen LogP contribution in [0.25, 0.3) is 11.1 Å². The van der Waals surface area contributed by atoms with Crippen LogP contribution in [0.15, 0.2) is 41.8 Å². The van der Waals surface area contributed by atoms with Gasteiger partial charge in [-0.05, 0) is 17.2 Å². The molecule has 1 aliphatic heterocycles.